The summed E-state index contributed by atoms with van der Waals surface area (Å²) in [5, 5.41) is 6.22. The number of piperazine rings is 1. The first-order chi connectivity index (χ1) is 13.1. The molecule has 0 radical (unpaired) electrons. The lowest BCUT2D eigenvalue weighted by atomic mass is 10.2. The molecular weight excluding hydrogens is 378 g/mol. The highest BCUT2D eigenvalue weighted by atomic mass is 35.5. The molecule has 2 N–H and O–H groups in total. The van der Waals surface area contributed by atoms with Crippen LogP contribution in [0.25, 0.3) is 0 Å². The van der Waals surface area contributed by atoms with Crippen LogP contribution in [0.15, 0.2) is 30.3 Å². The van der Waals surface area contributed by atoms with Crippen molar-refractivity contribution in [2.24, 2.45) is 0 Å². The molecule has 2 heterocycles. The second kappa shape index (κ2) is 11.2. The summed E-state index contributed by atoms with van der Waals surface area (Å²) in [5.74, 6) is 0.138. The lowest BCUT2D eigenvalue weighted by Gasteiger charge is -2.32. The molecule has 2 saturated heterocycles. The lowest BCUT2D eigenvalue weighted by Crippen LogP contribution is -2.49. The molecule has 8 heteroatoms. The number of amides is 3. The molecule has 28 heavy (non-hydrogen) atoms. The first-order valence-electron chi connectivity index (χ1n) is 9.89. The number of halogens is 1. The number of urea groups is 1. The first-order valence-corrected chi connectivity index (χ1v) is 9.89. The van der Waals surface area contributed by atoms with Crippen LogP contribution >= 0.6 is 12.4 Å². The quantitative estimate of drug-likeness (QED) is 0.739. The van der Waals surface area contributed by atoms with Crippen molar-refractivity contribution in [1.82, 2.24) is 25.3 Å². The van der Waals surface area contributed by atoms with Gasteiger partial charge in [0.25, 0.3) is 0 Å². The van der Waals surface area contributed by atoms with E-state index in [0.29, 0.717) is 25.6 Å². The number of nitrogens with one attached hydrogen (secondary N) is 2. The van der Waals surface area contributed by atoms with Gasteiger partial charge in [-0.1, -0.05) is 30.3 Å². The maximum absolute atomic E-state index is 12.4. The van der Waals surface area contributed by atoms with E-state index in [4.69, 9.17) is 0 Å². The summed E-state index contributed by atoms with van der Waals surface area (Å²) in [4.78, 5) is 30.7. The van der Waals surface area contributed by atoms with E-state index in [9.17, 15) is 9.59 Å². The largest absolute Gasteiger partial charge is 0.341 e. The smallest absolute Gasteiger partial charge is 0.317 e. The lowest BCUT2D eigenvalue weighted by molar-refractivity contribution is -0.130. The minimum atomic E-state index is -0.147. The molecule has 7 nitrogen and oxygen atoms in total. The second-order valence-electron chi connectivity index (χ2n) is 7.39. The van der Waals surface area contributed by atoms with Crippen LogP contribution in [0.2, 0.25) is 0 Å². The van der Waals surface area contributed by atoms with E-state index in [0.717, 1.165) is 51.3 Å². The standard InChI is InChI=1S/C20H31N5O2.ClH/c1-23(15-17-5-3-2-4-6-17)20(27)22-9-7-19(26)25-12-8-18(16-25)24-13-10-21-11-14-24;/h2-6,18,21H,7-16H2,1H3,(H,22,27);1H. The van der Waals surface area contributed by atoms with E-state index in [1.807, 2.05) is 35.2 Å². The molecule has 0 saturated carbocycles. The highest BCUT2D eigenvalue weighted by molar-refractivity contribution is 5.85. The minimum Gasteiger partial charge on any atom is -0.341 e. The maximum Gasteiger partial charge on any atom is 0.317 e. The predicted molar refractivity (Wildman–Crippen MR) is 113 cm³/mol. The molecule has 0 spiro atoms. The van der Waals surface area contributed by atoms with Gasteiger partial charge < -0.3 is 20.4 Å². The van der Waals surface area contributed by atoms with E-state index < -0.39 is 0 Å². The van der Waals surface area contributed by atoms with Gasteiger partial charge in [0, 0.05) is 71.9 Å². The molecule has 0 bridgehead atoms. The van der Waals surface area contributed by atoms with E-state index in [-0.39, 0.29) is 24.3 Å². The Morgan fingerprint density at radius 1 is 1.18 bits per heavy atom. The molecule has 3 amide bonds. The van der Waals surface area contributed by atoms with Gasteiger partial charge in [0.05, 0.1) is 0 Å². The van der Waals surface area contributed by atoms with Crippen molar-refractivity contribution in [3.63, 3.8) is 0 Å². The molecule has 2 fully saturated rings. The van der Waals surface area contributed by atoms with Gasteiger partial charge in [0.15, 0.2) is 0 Å². The Labute approximate surface area is 173 Å². The number of carbonyl (C=O) groups excluding carboxylic acids is 2. The average Bonchev–Trinajstić information content (AvgIpc) is 3.19. The Hall–Kier alpha value is -1.83. The first kappa shape index (κ1) is 22.5. The second-order valence-corrected chi connectivity index (χ2v) is 7.39. The monoisotopic (exact) mass is 409 g/mol. The summed E-state index contributed by atoms with van der Waals surface area (Å²) in [7, 11) is 1.77. The molecule has 1 unspecified atom stereocenters. The van der Waals surface area contributed by atoms with Crippen LogP contribution in [-0.2, 0) is 11.3 Å². The number of hydrogen-bond acceptors (Lipinski definition) is 4. The van der Waals surface area contributed by atoms with E-state index in [2.05, 4.69) is 15.5 Å². The van der Waals surface area contributed by atoms with E-state index in [1.165, 1.54) is 0 Å². The number of likely N-dealkylation sites (tertiary alicyclic amines) is 1. The summed E-state index contributed by atoms with van der Waals surface area (Å²) in [6, 6.07) is 10.2. The van der Waals surface area contributed by atoms with Crippen molar-refractivity contribution < 1.29 is 9.59 Å². The zero-order valence-corrected chi connectivity index (χ0v) is 17.4. The van der Waals surface area contributed by atoms with Gasteiger partial charge in [0.2, 0.25) is 5.91 Å². The van der Waals surface area contributed by atoms with E-state index in [1.54, 1.807) is 11.9 Å². The average molecular weight is 410 g/mol. The Morgan fingerprint density at radius 3 is 2.61 bits per heavy atom. The topological polar surface area (TPSA) is 67.9 Å². The number of carbonyl (C=O) groups is 2. The van der Waals surface area contributed by atoms with Gasteiger partial charge in [-0.15, -0.1) is 12.4 Å². The highest BCUT2D eigenvalue weighted by Crippen LogP contribution is 2.16. The van der Waals surface area contributed by atoms with Crippen LogP contribution in [0.1, 0.15) is 18.4 Å². The Balaban J connectivity index is 0.00000280. The van der Waals surface area contributed by atoms with Crippen LogP contribution < -0.4 is 10.6 Å². The molecular formula is C20H32ClN5O2. The SMILES string of the molecule is CN(Cc1ccccc1)C(=O)NCCC(=O)N1CCC(N2CCNCC2)C1.Cl. The van der Waals surface area contributed by atoms with Gasteiger partial charge >= 0.3 is 6.03 Å². The van der Waals surface area contributed by atoms with Crippen LogP contribution in [0.4, 0.5) is 4.79 Å². The number of rotatable bonds is 6. The van der Waals surface area contributed by atoms with Gasteiger partial charge in [-0.05, 0) is 12.0 Å². The van der Waals surface area contributed by atoms with Crippen LogP contribution in [0.3, 0.4) is 0 Å². The van der Waals surface area contributed by atoms with Crippen molar-refractivity contribution in [2.75, 3.05) is 52.9 Å². The van der Waals surface area contributed by atoms with Gasteiger partial charge in [-0.3, -0.25) is 9.69 Å². The zero-order valence-electron chi connectivity index (χ0n) is 16.6. The summed E-state index contributed by atoms with van der Waals surface area (Å²) in [6.45, 7) is 6.79. The van der Waals surface area contributed by atoms with E-state index >= 15 is 0 Å². The molecule has 2 aliphatic heterocycles. The van der Waals surface area contributed by atoms with Gasteiger partial charge in [-0.2, -0.15) is 0 Å². The molecule has 0 aromatic heterocycles. The summed E-state index contributed by atoms with van der Waals surface area (Å²) < 4.78 is 0. The fourth-order valence-corrected chi connectivity index (χ4v) is 3.81. The Morgan fingerprint density at radius 2 is 1.89 bits per heavy atom. The molecule has 3 rings (SSSR count). The molecule has 1 aromatic rings. The van der Waals surface area contributed by atoms with Gasteiger partial charge in [0.1, 0.15) is 0 Å². The Kier molecular flexibility index (Phi) is 9.02. The Bertz CT molecular complexity index is 624. The minimum absolute atomic E-state index is 0. The molecule has 0 aliphatic carbocycles. The van der Waals surface area contributed by atoms with Gasteiger partial charge in [-0.25, -0.2) is 4.79 Å². The predicted octanol–water partition coefficient (Wildman–Crippen LogP) is 1.15. The van der Waals surface area contributed by atoms with Crippen LogP contribution in [-0.4, -0.2) is 85.5 Å². The number of nitrogens with zero attached hydrogens (tertiary/aromatic N) is 3. The third-order valence-corrected chi connectivity index (χ3v) is 5.41. The maximum atomic E-state index is 12.4. The highest BCUT2D eigenvalue weighted by Gasteiger charge is 2.30. The fourth-order valence-electron chi connectivity index (χ4n) is 3.81. The van der Waals surface area contributed by atoms with Crippen LogP contribution in [0.5, 0.6) is 0 Å². The zero-order chi connectivity index (χ0) is 19.1. The molecule has 156 valence electrons. The summed E-state index contributed by atoms with van der Waals surface area (Å²) in [6.07, 6.45) is 1.41. The molecule has 1 aromatic carbocycles. The van der Waals surface area contributed by atoms with Crippen LogP contribution in [0, 0.1) is 0 Å². The third-order valence-electron chi connectivity index (χ3n) is 5.41. The number of hydrogen-bond donors (Lipinski definition) is 2. The number of benzene rings is 1. The summed E-state index contributed by atoms with van der Waals surface area (Å²) in [5.41, 5.74) is 1.09. The van der Waals surface area contributed by atoms with Crippen molar-refractivity contribution in [1.29, 1.82) is 0 Å². The van der Waals surface area contributed by atoms with Crippen molar-refractivity contribution >= 4 is 24.3 Å². The van der Waals surface area contributed by atoms with Crippen molar-refractivity contribution in [2.45, 2.75) is 25.4 Å². The summed E-state index contributed by atoms with van der Waals surface area (Å²) >= 11 is 0. The fraction of sp³-hybridized carbons (Fsp3) is 0.600. The van der Waals surface area contributed by atoms with Crippen molar-refractivity contribution in [3.05, 3.63) is 35.9 Å². The molecule has 1 atom stereocenters. The molecule has 2 aliphatic rings. The normalized spacial score (nSPS) is 19.8. The van der Waals surface area contributed by atoms with Crippen molar-refractivity contribution in [3.8, 4) is 0 Å². The third kappa shape index (κ3) is 6.36.